The lowest BCUT2D eigenvalue weighted by molar-refractivity contribution is -0.116. The van der Waals surface area contributed by atoms with Crippen molar-refractivity contribution in [3.05, 3.63) is 11.1 Å². The summed E-state index contributed by atoms with van der Waals surface area (Å²) in [4.78, 5) is 17.5. The Morgan fingerprint density at radius 2 is 2.39 bits per heavy atom. The summed E-state index contributed by atoms with van der Waals surface area (Å²) in [5.41, 5.74) is 0.956. The molecule has 18 heavy (non-hydrogen) atoms. The number of aromatic nitrogens is 1. The third kappa shape index (κ3) is 4.36. The number of anilines is 1. The number of methoxy groups -OCH3 is 1. The Labute approximate surface area is 112 Å². The molecule has 1 rings (SSSR count). The summed E-state index contributed by atoms with van der Waals surface area (Å²) in [7, 11) is 1.69. The quantitative estimate of drug-likeness (QED) is 0.819. The van der Waals surface area contributed by atoms with E-state index < -0.39 is 0 Å². The van der Waals surface area contributed by atoms with Crippen molar-refractivity contribution in [2.45, 2.75) is 33.4 Å². The van der Waals surface area contributed by atoms with Crippen LogP contribution in [-0.4, -0.2) is 37.2 Å². The molecule has 1 heterocycles. The van der Waals surface area contributed by atoms with Gasteiger partial charge in [-0.1, -0.05) is 0 Å². The molecule has 6 heteroatoms. The lowest BCUT2D eigenvalue weighted by Gasteiger charge is -2.14. The number of nitrogens with zero attached hydrogens (tertiary/aromatic N) is 2. The minimum absolute atomic E-state index is 0.0272. The molecule has 0 fully saturated rings. The molecule has 1 N–H and O–H groups in total. The Balaban J connectivity index is 2.50. The normalized spacial score (nSPS) is 12.4. The molecule has 1 aromatic heterocycles. The van der Waals surface area contributed by atoms with Crippen molar-refractivity contribution >= 4 is 22.4 Å². The second-order valence-electron chi connectivity index (χ2n) is 4.06. The fourth-order valence-corrected chi connectivity index (χ4v) is 2.41. The maximum Gasteiger partial charge on any atom is 0.225 e. The van der Waals surface area contributed by atoms with Crippen molar-refractivity contribution in [2.75, 3.05) is 25.1 Å². The van der Waals surface area contributed by atoms with Gasteiger partial charge in [0.1, 0.15) is 0 Å². The van der Waals surface area contributed by atoms with E-state index in [0.717, 1.165) is 17.4 Å². The zero-order chi connectivity index (χ0) is 13.5. The molecule has 1 atom stereocenters. The van der Waals surface area contributed by atoms with Crippen LogP contribution in [0.25, 0.3) is 0 Å². The number of nitrogens with one attached hydrogen (secondary N) is 1. The number of carbonyl (C=O) groups is 1. The molecule has 1 aromatic rings. The fourth-order valence-electron chi connectivity index (χ4n) is 1.48. The van der Waals surface area contributed by atoms with Crippen LogP contribution in [0, 0.1) is 0 Å². The summed E-state index contributed by atoms with van der Waals surface area (Å²) < 4.78 is 5.15. The van der Waals surface area contributed by atoms with E-state index in [1.165, 1.54) is 11.3 Å². The van der Waals surface area contributed by atoms with E-state index >= 15 is 0 Å². The van der Waals surface area contributed by atoms with Gasteiger partial charge in [-0.15, -0.1) is 11.3 Å². The van der Waals surface area contributed by atoms with Gasteiger partial charge < -0.3 is 10.1 Å². The van der Waals surface area contributed by atoms with Crippen LogP contribution < -0.4 is 10.2 Å². The summed E-state index contributed by atoms with van der Waals surface area (Å²) >= 11 is 1.50. The molecule has 0 aliphatic rings. The van der Waals surface area contributed by atoms with Gasteiger partial charge in [-0.05, 0) is 13.8 Å². The van der Waals surface area contributed by atoms with E-state index in [0.29, 0.717) is 13.1 Å². The van der Waals surface area contributed by atoms with Crippen molar-refractivity contribution in [1.82, 2.24) is 10.3 Å². The molecule has 0 aromatic carbocycles. The molecule has 0 saturated carbocycles. The van der Waals surface area contributed by atoms with Crippen molar-refractivity contribution in [1.29, 1.82) is 0 Å². The van der Waals surface area contributed by atoms with Gasteiger partial charge in [0.15, 0.2) is 5.13 Å². The molecular weight excluding hydrogens is 250 g/mol. The van der Waals surface area contributed by atoms with Gasteiger partial charge in [-0.3, -0.25) is 9.69 Å². The van der Waals surface area contributed by atoms with Crippen LogP contribution in [-0.2, 0) is 16.1 Å². The first-order chi connectivity index (χ1) is 8.58. The summed E-state index contributed by atoms with van der Waals surface area (Å²) in [5, 5.41) is 6.01. The van der Waals surface area contributed by atoms with Crippen LogP contribution in [0.1, 0.15) is 26.5 Å². The van der Waals surface area contributed by atoms with Gasteiger partial charge in [-0.25, -0.2) is 4.98 Å². The second-order valence-corrected chi connectivity index (χ2v) is 4.90. The first-order valence-corrected chi connectivity index (χ1v) is 6.92. The Kier molecular flexibility index (Phi) is 6.24. The standard InChI is InChI=1S/C12H21N3O2S/c1-5-15(10(3)16)12-14-11(8-18-12)7-13-6-9(2)17-4/h8-9,13H,5-7H2,1-4H3. The van der Waals surface area contributed by atoms with E-state index in [4.69, 9.17) is 4.74 Å². The Bertz CT molecular complexity index is 381. The van der Waals surface area contributed by atoms with Gasteiger partial charge >= 0.3 is 0 Å². The van der Waals surface area contributed by atoms with E-state index in [9.17, 15) is 4.79 Å². The summed E-state index contributed by atoms with van der Waals surface area (Å²) in [6.45, 7) is 7.64. The summed E-state index contributed by atoms with van der Waals surface area (Å²) in [6.07, 6.45) is 0.187. The predicted molar refractivity (Wildman–Crippen MR) is 74.0 cm³/mol. The van der Waals surface area contributed by atoms with Gasteiger partial charge in [0.25, 0.3) is 0 Å². The molecule has 5 nitrogen and oxygen atoms in total. The largest absolute Gasteiger partial charge is 0.380 e. The number of hydrogen-bond donors (Lipinski definition) is 1. The lowest BCUT2D eigenvalue weighted by atomic mass is 10.4. The first-order valence-electron chi connectivity index (χ1n) is 6.04. The number of rotatable bonds is 7. The highest BCUT2D eigenvalue weighted by molar-refractivity contribution is 7.14. The van der Waals surface area contributed by atoms with Crippen molar-refractivity contribution < 1.29 is 9.53 Å². The minimum Gasteiger partial charge on any atom is -0.380 e. The van der Waals surface area contributed by atoms with Gasteiger partial charge in [0.2, 0.25) is 5.91 Å². The average molecular weight is 271 g/mol. The molecule has 102 valence electrons. The van der Waals surface area contributed by atoms with Crippen LogP contribution in [0.3, 0.4) is 0 Å². The molecule has 0 radical (unpaired) electrons. The van der Waals surface area contributed by atoms with Crippen LogP contribution in [0.5, 0.6) is 0 Å². The second kappa shape index (κ2) is 7.45. The van der Waals surface area contributed by atoms with Gasteiger partial charge in [-0.2, -0.15) is 0 Å². The Morgan fingerprint density at radius 1 is 1.67 bits per heavy atom. The number of carbonyl (C=O) groups excluding carboxylic acids is 1. The van der Waals surface area contributed by atoms with Crippen molar-refractivity contribution in [2.24, 2.45) is 0 Å². The van der Waals surface area contributed by atoms with Crippen LogP contribution in [0.2, 0.25) is 0 Å². The monoisotopic (exact) mass is 271 g/mol. The summed E-state index contributed by atoms with van der Waals surface area (Å²) in [5.74, 6) is 0.0272. The molecule has 0 spiro atoms. The number of ether oxygens (including phenoxy) is 1. The first kappa shape index (κ1) is 15.1. The van der Waals surface area contributed by atoms with Crippen molar-refractivity contribution in [3.8, 4) is 0 Å². The van der Waals surface area contributed by atoms with Gasteiger partial charge in [0, 0.05) is 39.0 Å². The molecule has 0 bridgehead atoms. The Hall–Kier alpha value is -0.980. The molecule has 1 unspecified atom stereocenters. The molecular formula is C12H21N3O2S. The van der Waals surface area contributed by atoms with Crippen LogP contribution in [0.15, 0.2) is 5.38 Å². The molecule has 0 aliphatic carbocycles. The zero-order valence-electron chi connectivity index (χ0n) is 11.4. The lowest BCUT2D eigenvalue weighted by Crippen LogP contribution is -2.28. The highest BCUT2D eigenvalue weighted by Crippen LogP contribution is 2.20. The maximum atomic E-state index is 11.4. The topological polar surface area (TPSA) is 54.5 Å². The van der Waals surface area contributed by atoms with E-state index in [2.05, 4.69) is 10.3 Å². The number of amides is 1. The zero-order valence-corrected chi connectivity index (χ0v) is 12.2. The molecule has 0 aliphatic heterocycles. The smallest absolute Gasteiger partial charge is 0.225 e. The van der Waals surface area contributed by atoms with E-state index in [1.807, 2.05) is 19.2 Å². The maximum absolute atomic E-state index is 11.4. The molecule has 1 amide bonds. The highest BCUT2D eigenvalue weighted by Gasteiger charge is 2.13. The molecule has 0 saturated heterocycles. The van der Waals surface area contributed by atoms with E-state index in [1.54, 1.807) is 18.9 Å². The van der Waals surface area contributed by atoms with Gasteiger partial charge in [0.05, 0.1) is 11.8 Å². The van der Waals surface area contributed by atoms with Crippen LogP contribution >= 0.6 is 11.3 Å². The number of thiazole rings is 1. The average Bonchev–Trinajstić information content (AvgIpc) is 2.78. The van der Waals surface area contributed by atoms with E-state index in [-0.39, 0.29) is 12.0 Å². The van der Waals surface area contributed by atoms with Crippen molar-refractivity contribution in [3.63, 3.8) is 0 Å². The fraction of sp³-hybridized carbons (Fsp3) is 0.667. The minimum atomic E-state index is 0.0272. The highest BCUT2D eigenvalue weighted by atomic mass is 32.1. The third-order valence-electron chi connectivity index (χ3n) is 2.61. The third-order valence-corrected chi connectivity index (χ3v) is 3.52. The summed E-state index contributed by atoms with van der Waals surface area (Å²) in [6, 6.07) is 0. The SMILES string of the molecule is CCN(C(C)=O)c1nc(CNCC(C)OC)cs1. The predicted octanol–water partition coefficient (Wildman–Crippen LogP) is 1.64. The Morgan fingerprint density at radius 3 is 2.94 bits per heavy atom. The van der Waals surface area contributed by atoms with Crippen LogP contribution in [0.4, 0.5) is 5.13 Å². The number of hydrogen-bond acceptors (Lipinski definition) is 5.